The molecule has 0 spiro atoms. The smallest absolute Gasteiger partial charge is 0.327 e. The Morgan fingerprint density at radius 1 is 0.750 bits per heavy atom. The predicted octanol–water partition coefficient (Wildman–Crippen LogP) is 0.281. The quantitative estimate of drug-likeness (QED) is 0.528. The maximum atomic E-state index is 11.2. The lowest BCUT2D eigenvalue weighted by atomic mass is 10.6. The standard InChI is InChI=1S/C7H15N3O2/c1-8(2)6(11)10(5)7(12)9(3)4/h1-5H3. The Hall–Kier alpha value is -1.26. The molecule has 0 aromatic heterocycles. The van der Waals surface area contributed by atoms with Crippen LogP contribution in [0.2, 0.25) is 0 Å². The van der Waals surface area contributed by atoms with Gasteiger partial charge in [-0.2, -0.15) is 0 Å². The molecular formula is C7H15N3O2. The number of urea groups is 2. The third kappa shape index (κ3) is 2.41. The van der Waals surface area contributed by atoms with Crippen molar-refractivity contribution in [3.05, 3.63) is 0 Å². The van der Waals surface area contributed by atoms with E-state index in [2.05, 4.69) is 0 Å². The van der Waals surface area contributed by atoms with E-state index in [4.69, 9.17) is 0 Å². The molecule has 0 radical (unpaired) electrons. The Labute approximate surface area is 72.5 Å². The molecule has 0 aliphatic carbocycles. The van der Waals surface area contributed by atoms with Gasteiger partial charge >= 0.3 is 12.1 Å². The lowest BCUT2D eigenvalue weighted by molar-refractivity contribution is 0.162. The summed E-state index contributed by atoms with van der Waals surface area (Å²) in [6.07, 6.45) is 0. The summed E-state index contributed by atoms with van der Waals surface area (Å²) in [7, 11) is 7.85. The molecule has 4 amide bonds. The van der Waals surface area contributed by atoms with Gasteiger partial charge in [-0.05, 0) is 0 Å². The third-order valence-electron chi connectivity index (χ3n) is 1.34. The zero-order valence-corrected chi connectivity index (χ0v) is 8.16. The molecular weight excluding hydrogens is 158 g/mol. The normalized spacial score (nSPS) is 9.08. The number of rotatable bonds is 0. The molecule has 0 heterocycles. The highest BCUT2D eigenvalue weighted by Crippen LogP contribution is 1.95. The monoisotopic (exact) mass is 173 g/mol. The maximum Gasteiger partial charge on any atom is 0.327 e. The second kappa shape index (κ2) is 3.94. The van der Waals surface area contributed by atoms with Crippen LogP contribution in [0.3, 0.4) is 0 Å². The fourth-order valence-electron chi connectivity index (χ4n) is 0.682. The van der Waals surface area contributed by atoms with Gasteiger partial charge in [0.2, 0.25) is 0 Å². The van der Waals surface area contributed by atoms with Crippen LogP contribution in [-0.2, 0) is 0 Å². The molecule has 0 N–H and O–H groups in total. The van der Waals surface area contributed by atoms with Crippen LogP contribution in [0.15, 0.2) is 0 Å². The molecule has 0 atom stereocenters. The van der Waals surface area contributed by atoms with Gasteiger partial charge in [-0.3, -0.25) is 0 Å². The summed E-state index contributed by atoms with van der Waals surface area (Å²) in [5.74, 6) is 0. The molecule has 0 aliphatic heterocycles. The average Bonchev–Trinajstić information content (AvgIpc) is 2.00. The molecule has 5 nitrogen and oxygen atoms in total. The van der Waals surface area contributed by atoms with E-state index >= 15 is 0 Å². The van der Waals surface area contributed by atoms with Crippen molar-refractivity contribution in [3.63, 3.8) is 0 Å². The Kier molecular flexibility index (Phi) is 3.53. The van der Waals surface area contributed by atoms with Gasteiger partial charge in [-0.15, -0.1) is 0 Å². The number of hydrogen-bond acceptors (Lipinski definition) is 2. The van der Waals surface area contributed by atoms with Crippen LogP contribution in [0, 0.1) is 0 Å². The SMILES string of the molecule is CN(C)C(=O)N(C)C(=O)N(C)C. The van der Waals surface area contributed by atoms with Crippen molar-refractivity contribution in [2.24, 2.45) is 0 Å². The van der Waals surface area contributed by atoms with Crippen LogP contribution in [0.25, 0.3) is 0 Å². The van der Waals surface area contributed by atoms with Gasteiger partial charge in [0.15, 0.2) is 0 Å². The molecule has 5 heteroatoms. The van der Waals surface area contributed by atoms with E-state index in [1.54, 1.807) is 28.2 Å². The first kappa shape index (κ1) is 10.7. The van der Waals surface area contributed by atoms with Gasteiger partial charge in [-0.1, -0.05) is 0 Å². The summed E-state index contributed by atoms with van der Waals surface area (Å²) in [4.78, 5) is 26.1. The number of hydrogen-bond donors (Lipinski definition) is 0. The van der Waals surface area contributed by atoms with Gasteiger partial charge in [0.25, 0.3) is 0 Å². The Morgan fingerprint density at radius 3 is 1.17 bits per heavy atom. The van der Waals surface area contributed by atoms with E-state index in [0.29, 0.717) is 0 Å². The molecule has 0 unspecified atom stereocenters. The lowest BCUT2D eigenvalue weighted by Crippen LogP contribution is -2.45. The fourth-order valence-corrected chi connectivity index (χ4v) is 0.682. The molecule has 0 aromatic carbocycles. The minimum absolute atomic E-state index is 0.325. The summed E-state index contributed by atoms with van der Waals surface area (Å²) in [6.45, 7) is 0. The van der Waals surface area contributed by atoms with Crippen LogP contribution < -0.4 is 0 Å². The molecule has 0 aliphatic rings. The summed E-state index contributed by atoms with van der Waals surface area (Å²) in [6, 6.07) is -0.651. The topological polar surface area (TPSA) is 43.9 Å². The highest BCUT2D eigenvalue weighted by molar-refractivity contribution is 5.92. The summed E-state index contributed by atoms with van der Waals surface area (Å²) >= 11 is 0. The number of carbonyl (C=O) groups excluding carboxylic acids is 2. The highest BCUT2D eigenvalue weighted by atomic mass is 16.2. The van der Waals surface area contributed by atoms with E-state index < -0.39 is 0 Å². The van der Waals surface area contributed by atoms with Crippen molar-refractivity contribution in [2.75, 3.05) is 35.2 Å². The molecule has 0 fully saturated rings. The summed E-state index contributed by atoms with van der Waals surface area (Å²) < 4.78 is 0. The highest BCUT2D eigenvalue weighted by Gasteiger charge is 2.19. The van der Waals surface area contributed by atoms with Crippen LogP contribution >= 0.6 is 0 Å². The minimum Gasteiger partial charge on any atom is -0.330 e. The number of imide groups is 1. The van der Waals surface area contributed by atoms with Crippen molar-refractivity contribution in [1.29, 1.82) is 0 Å². The van der Waals surface area contributed by atoms with Gasteiger partial charge < -0.3 is 9.80 Å². The van der Waals surface area contributed by atoms with Crippen molar-refractivity contribution >= 4 is 12.1 Å². The fraction of sp³-hybridized carbons (Fsp3) is 0.714. The molecule has 0 aromatic rings. The van der Waals surface area contributed by atoms with Crippen LogP contribution in [0.1, 0.15) is 0 Å². The lowest BCUT2D eigenvalue weighted by Gasteiger charge is -2.23. The second-order valence-corrected chi connectivity index (χ2v) is 2.91. The zero-order valence-electron chi connectivity index (χ0n) is 8.16. The number of amides is 4. The van der Waals surface area contributed by atoms with E-state index in [1.165, 1.54) is 16.8 Å². The molecule has 0 saturated heterocycles. The Balaban J connectivity index is 4.30. The first-order chi connectivity index (χ1) is 5.37. The van der Waals surface area contributed by atoms with Crippen molar-refractivity contribution in [3.8, 4) is 0 Å². The predicted molar refractivity (Wildman–Crippen MR) is 45.9 cm³/mol. The van der Waals surface area contributed by atoms with Gasteiger partial charge in [-0.25, -0.2) is 14.5 Å². The molecule has 12 heavy (non-hydrogen) atoms. The molecule has 70 valence electrons. The van der Waals surface area contributed by atoms with E-state index in [0.717, 1.165) is 4.90 Å². The van der Waals surface area contributed by atoms with E-state index in [1.807, 2.05) is 0 Å². The molecule has 0 saturated carbocycles. The summed E-state index contributed by atoms with van der Waals surface area (Å²) in [5, 5.41) is 0. The van der Waals surface area contributed by atoms with Gasteiger partial charge in [0, 0.05) is 35.2 Å². The van der Waals surface area contributed by atoms with Gasteiger partial charge in [0.05, 0.1) is 0 Å². The average molecular weight is 173 g/mol. The third-order valence-corrected chi connectivity index (χ3v) is 1.34. The zero-order chi connectivity index (χ0) is 9.89. The van der Waals surface area contributed by atoms with Crippen molar-refractivity contribution in [2.45, 2.75) is 0 Å². The Morgan fingerprint density at radius 2 is 1.00 bits per heavy atom. The number of nitrogens with zero attached hydrogens (tertiary/aromatic N) is 3. The van der Waals surface area contributed by atoms with E-state index in [-0.39, 0.29) is 12.1 Å². The summed E-state index contributed by atoms with van der Waals surface area (Å²) in [5.41, 5.74) is 0. The first-order valence-corrected chi connectivity index (χ1v) is 3.54. The molecule has 0 bridgehead atoms. The van der Waals surface area contributed by atoms with Crippen LogP contribution in [0.4, 0.5) is 9.59 Å². The van der Waals surface area contributed by atoms with Crippen molar-refractivity contribution in [1.82, 2.24) is 14.7 Å². The van der Waals surface area contributed by atoms with Gasteiger partial charge in [0.1, 0.15) is 0 Å². The number of carbonyl (C=O) groups is 2. The second-order valence-electron chi connectivity index (χ2n) is 2.91. The van der Waals surface area contributed by atoms with Crippen molar-refractivity contribution < 1.29 is 9.59 Å². The maximum absolute atomic E-state index is 11.2. The minimum atomic E-state index is -0.325. The van der Waals surface area contributed by atoms with Crippen LogP contribution in [-0.4, -0.2) is 62.0 Å². The van der Waals surface area contributed by atoms with Crippen LogP contribution in [0.5, 0.6) is 0 Å². The Bertz CT molecular complexity index is 169. The first-order valence-electron chi connectivity index (χ1n) is 3.54. The molecule has 0 rings (SSSR count). The largest absolute Gasteiger partial charge is 0.330 e. The van der Waals surface area contributed by atoms with E-state index in [9.17, 15) is 9.59 Å².